The van der Waals surface area contributed by atoms with Crippen LogP contribution in [0.2, 0.25) is 0 Å². The molecule has 0 spiro atoms. The van der Waals surface area contributed by atoms with Crippen LogP contribution in [-0.2, 0) is 4.74 Å². The van der Waals surface area contributed by atoms with Gasteiger partial charge >= 0.3 is 6.03 Å². The Bertz CT molecular complexity index is 579. The van der Waals surface area contributed by atoms with Gasteiger partial charge in [0.05, 0.1) is 24.2 Å². The number of carbonyl (C=O) groups is 1. The molecule has 2 saturated heterocycles. The molecule has 126 valence electrons. The fourth-order valence-electron chi connectivity index (χ4n) is 2.96. The summed E-state index contributed by atoms with van der Waals surface area (Å²) in [6.07, 6.45) is 1.60. The number of fused-ring (bicyclic) bond motifs is 1. The van der Waals surface area contributed by atoms with Crippen LogP contribution in [0.5, 0.6) is 0 Å². The average Bonchev–Trinajstić information content (AvgIpc) is 2.54. The predicted molar refractivity (Wildman–Crippen MR) is 84.9 cm³/mol. The second-order valence-corrected chi connectivity index (χ2v) is 6.43. The number of nitrogens with one attached hydrogen (secondary N) is 1. The van der Waals surface area contributed by atoms with Crippen LogP contribution >= 0.6 is 11.8 Å². The predicted octanol–water partition coefficient (Wildman–Crippen LogP) is 2.24. The van der Waals surface area contributed by atoms with Gasteiger partial charge in [-0.25, -0.2) is 13.6 Å². The van der Waals surface area contributed by atoms with E-state index in [1.54, 1.807) is 11.2 Å². The number of morpholine rings is 1. The molecule has 2 aliphatic heterocycles. The third-order valence-electron chi connectivity index (χ3n) is 4.18. The molecule has 0 saturated carbocycles. The first-order valence-corrected chi connectivity index (χ1v) is 8.71. The number of piperazine rings is 1. The highest BCUT2D eigenvalue weighted by Gasteiger charge is 2.31. The van der Waals surface area contributed by atoms with Crippen molar-refractivity contribution in [2.45, 2.75) is 10.9 Å². The first kappa shape index (κ1) is 16.5. The summed E-state index contributed by atoms with van der Waals surface area (Å²) in [5.74, 6) is -1.34. The summed E-state index contributed by atoms with van der Waals surface area (Å²) in [4.78, 5) is 16.2. The molecule has 1 atom stereocenters. The fraction of sp³-hybridized carbons (Fsp3) is 0.533. The van der Waals surface area contributed by atoms with Crippen LogP contribution in [0.15, 0.2) is 17.0 Å². The molecule has 2 amide bonds. The molecule has 5 nitrogen and oxygen atoms in total. The molecular weight excluding hydrogens is 324 g/mol. The van der Waals surface area contributed by atoms with Gasteiger partial charge in [0.2, 0.25) is 0 Å². The Morgan fingerprint density at radius 1 is 1.30 bits per heavy atom. The summed E-state index contributed by atoms with van der Waals surface area (Å²) in [5, 5.41) is 2.58. The van der Waals surface area contributed by atoms with Gasteiger partial charge in [0.15, 0.2) is 0 Å². The summed E-state index contributed by atoms with van der Waals surface area (Å²) >= 11 is 0.998. The quantitative estimate of drug-likeness (QED) is 0.837. The highest BCUT2D eigenvalue weighted by molar-refractivity contribution is 7.98. The summed E-state index contributed by atoms with van der Waals surface area (Å²) in [6, 6.07) is 2.14. The van der Waals surface area contributed by atoms with Crippen LogP contribution in [-0.4, -0.2) is 67.5 Å². The van der Waals surface area contributed by atoms with Crippen LogP contribution in [0.25, 0.3) is 0 Å². The van der Waals surface area contributed by atoms with E-state index in [0.29, 0.717) is 19.7 Å². The normalized spacial score (nSPS) is 21.9. The van der Waals surface area contributed by atoms with Crippen molar-refractivity contribution in [1.82, 2.24) is 9.80 Å². The molecule has 1 N–H and O–H groups in total. The number of rotatable bonds is 2. The van der Waals surface area contributed by atoms with Crippen molar-refractivity contribution < 1.29 is 18.3 Å². The third kappa shape index (κ3) is 3.59. The SMILES string of the molecule is CSc1c(F)cc(NC(=O)N2CCN3CCOCC3C2)cc1F. The molecule has 23 heavy (non-hydrogen) atoms. The van der Waals surface area contributed by atoms with Crippen LogP contribution in [0.3, 0.4) is 0 Å². The maximum absolute atomic E-state index is 13.8. The molecule has 2 fully saturated rings. The Balaban J connectivity index is 1.65. The van der Waals surface area contributed by atoms with Crippen molar-refractivity contribution in [3.8, 4) is 0 Å². The zero-order valence-corrected chi connectivity index (χ0v) is 13.7. The van der Waals surface area contributed by atoms with Gasteiger partial charge in [-0.2, -0.15) is 0 Å². The number of halogens is 2. The minimum atomic E-state index is -0.668. The molecule has 1 aromatic rings. The third-order valence-corrected chi connectivity index (χ3v) is 4.98. The summed E-state index contributed by atoms with van der Waals surface area (Å²) in [7, 11) is 0. The van der Waals surface area contributed by atoms with Crippen molar-refractivity contribution in [2.75, 3.05) is 51.0 Å². The van der Waals surface area contributed by atoms with E-state index < -0.39 is 11.6 Å². The lowest BCUT2D eigenvalue weighted by Gasteiger charge is -2.43. The molecule has 3 rings (SSSR count). The molecule has 0 aliphatic carbocycles. The molecule has 8 heteroatoms. The molecule has 0 radical (unpaired) electrons. The Kier molecular flexibility index (Phi) is 5.03. The van der Waals surface area contributed by atoms with E-state index in [-0.39, 0.29) is 22.7 Å². The monoisotopic (exact) mass is 343 g/mol. The molecular formula is C15H19F2N3O2S. The second kappa shape index (κ2) is 7.02. The summed E-state index contributed by atoms with van der Waals surface area (Å²) in [6.45, 7) is 4.15. The Labute approximate surface area is 138 Å². The molecule has 0 aromatic heterocycles. The second-order valence-electron chi connectivity index (χ2n) is 5.61. The average molecular weight is 343 g/mol. The van der Waals surface area contributed by atoms with Crippen molar-refractivity contribution in [3.05, 3.63) is 23.8 Å². The number of hydrogen-bond acceptors (Lipinski definition) is 4. The maximum Gasteiger partial charge on any atom is 0.321 e. The number of thioether (sulfide) groups is 1. The van der Waals surface area contributed by atoms with E-state index in [1.807, 2.05) is 0 Å². The van der Waals surface area contributed by atoms with E-state index >= 15 is 0 Å². The van der Waals surface area contributed by atoms with E-state index in [9.17, 15) is 13.6 Å². The van der Waals surface area contributed by atoms with Crippen molar-refractivity contribution in [3.63, 3.8) is 0 Å². The van der Waals surface area contributed by atoms with E-state index in [1.165, 1.54) is 0 Å². The Morgan fingerprint density at radius 2 is 2.04 bits per heavy atom. The van der Waals surface area contributed by atoms with Crippen molar-refractivity contribution in [1.29, 1.82) is 0 Å². The first-order valence-electron chi connectivity index (χ1n) is 7.49. The number of anilines is 1. The molecule has 0 bridgehead atoms. The number of hydrogen-bond donors (Lipinski definition) is 1. The van der Waals surface area contributed by atoms with Gasteiger partial charge in [-0.1, -0.05) is 0 Å². The first-order chi connectivity index (χ1) is 11.1. The number of carbonyl (C=O) groups excluding carboxylic acids is 1. The van der Waals surface area contributed by atoms with Crippen LogP contribution in [0, 0.1) is 11.6 Å². The van der Waals surface area contributed by atoms with Gasteiger partial charge in [-0.05, 0) is 18.4 Å². The Morgan fingerprint density at radius 3 is 2.74 bits per heavy atom. The summed E-state index contributed by atoms with van der Waals surface area (Å²) < 4.78 is 33.0. The molecule has 1 unspecified atom stereocenters. The number of benzene rings is 1. The van der Waals surface area contributed by atoms with E-state index in [2.05, 4.69) is 10.2 Å². The van der Waals surface area contributed by atoms with Gasteiger partial charge in [0.1, 0.15) is 11.6 Å². The number of urea groups is 1. The van der Waals surface area contributed by atoms with Crippen molar-refractivity contribution in [2.24, 2.45) is 0 Å². The largest absolute Gasteiger partial charge is 0.378 e. The van der Waals surface area contributed by atoms with Gasteiger partial charge in [-0.15, -0.1) is 11.8 Å². The standard InChI is InChI=1S/C15H19F2N3O2S/c1-23-14-12(16)6-10(7-13(14)17)18-15(21)20-3-2-19-4-5-22-9-11(19)8-20/h6-7,11H,2-5,8-9H2,1H3,(H,18,21). The number of amides is 2. The lowest BCUT2D eigenvalue weighted by atomic mass is 10.1. The van der Waals surface area contributed by atoms with E-state index in [4.69, 9.17) is 4.74 Å². The van der Waals surface area contributed by atoms with Crippen molar-refractivity contribution >= 4 is 23.5 Å². The number of nitrogens with zero attached hydrogens (tertiary/aromatic N) is 2. The van der Waals surface area contributed by atoms with Gasteiger partial charge in [0.25, 0.3) is 0 Å². The topological polar surface area (TPSA) is 44.8 Å². The Hall–Kier alpha value is -1.38. The lowest BCUT2D eigenvalue weighted by Crippen LogP contribution is -2.59. The smallest absolute Gasteiger partial charge is 0.321 e. The van der Waals surface area contributed by atoms with Gasteiger partial charge in [0, 0.05) is 31.9 Å². The molecule has 2 heterocycles. The minimum absolute atomic E-state index is 0.0454. The fourth-order valence-corrected chi connectivity index (χ4v) is 3.47. The highest BCUT2D eigenvalue weighted by atomic mass is 32.2. The van der Waals surface area contributed by atoms with Crippen LogP contribution < -0.4 is 5.32 Å². The highest BCUT2D eigenvalue weighted by Crippen LogP contribution is 2.26. The molecule has 2 aliphatic rings. The number of ether oxygens (including phenoxy) is 1. The maximum atomic E-state index is 13.8. The lowest BCUT2D eigenvalue weighted by molar-refractivity contribution is -0.0355. The minimum Gasteiger partial charge on any atom is -0.378 e. The molecule has 1 aromatic carbocycles. The van der Waals surface area contributed by atoms with E-state index in [0.717, 1.165) is 43.6 Å². The zero-order valence-electron chi connectivity index (χ0n) is 12.8. The zero-order chi connectivity index (χ0) is 16.4. The van der Waals surface area contributed by atoms with Gasteiger partial charge in [-0.3, -0.25) is 4.90 Å². The van der Waals surface area contributed by atoms with Crippen LogP contribution in [0.4, 0.5) is 19.3 Å². The summed E-state index contributed by atoms with van der Waals surface area (Å²) in [5.41, 5.74) is 0.130. The van der Waals surface area contributed by atoms with Crippen LogP contribution in [0.1, 0.15) is 0 Å². The van der Waals surface area contributed by atoms with Gasteiger partial charge < -0.3 is 15.0 Å².